The first-order valence-electron chi connectivity index (χ1n) is 4.64. The highest BCUT2D eigenvalue weighted by Gasteiger charge is 2.31. The maximum absolute atomic E-state index is 11.5. The van der Waals surface area contributed by atoms with Crippen LogP contribution in [0.2, 0.25) is 0 Å². The van der Waals surface area contributed by atoms with Crippen LogP contribution in [-0.2, 0) is 4.74 Å². The summed E-state index contributed by atoms with van der Waals surface area (Å²) in [6, 6.07) is 7.51. The van der Waals surface area contributed by atoms with Gasteiger partial charge in [-0.2, -0.15) is 0 Å². The topological polar surface area (TPSA) is 55.6 Å². The van der Waals surface area contributed by atoms with Crippen LogP contribution in [0.25, 0.3) is 0 Å². The Kier molecular flexibility index (Phi) is 2.93. The number of cyclic esters (lactones) is 1. The molecule has 0 bridgehead atoms. The summed E-state index contributed by atoms with van der Waals surface area (Å²) < 4.78 is 6.04. The van der Waals surface area contributed by atoms with Crippen molar-refractivity contribution in [2.75, 3.05) is 18.0 Å². The van der Waals surface area contributed by atoms with Gasteiger partial charge in [0.2, 0.25) is 0 Å². The van der Waals surface area contributed by atoms with Gasteiger partial charge in [-0.05, 0) is 24.3 Å². The second-order valence-corrected chi connectivity index (χ2v) is 4.24. The van der Waals surface area contributed by atoms with E-state index in [1.807, 2.05) is 24.3 Å². The number of ether oxygens (including phenoxy) is 1. The van der Waals surface area contributed by atoms with Gasteiger partial charge in [0.25, 0.3) is 0 Å². The van der Waals surface area contributed by atoms with Crippen LogP contribution in [0.3, 0.4) is 0 Å². The molecular formula is C10H11BrN2O2. The Hall–Kier alpha value is -1.07. The lowest BCUT2D eigenvalue weighted by molar-refractivity contribution is 0.145. The number of halogens is 1. The Bertz CT molecular complexity index is 366. The van der Waals surface area contributed by atoms with Crippen molar-refractivity contribution in [3.63, 3.8) is 0 Å². The van der Waals surface area contributed by atoms with Crippen molar-refractivity contribution in [1.29, 1.82) is 0 Å². The number of carbonyl (C=O) groups excluding carboxylic acids is 1. The summed E-state index contributed by atoms with van der Waals surface area (Å²) in [4.78, 5) is 13.1. The molecule has 5 heteroatoms. The fraction of sp³-hybridized carbons (Fsp3) is 0.300. The largest absolute Gasteiger partial charge is 0.443 e. The van der Waals surface area contributed by atoms with Gasteiger partial charge in [0.15, 0.2) is 0 Å². The van der Waals surface area contributed by atoms with Crippen molar-refractivity contribution in [2.24, 2.45) is 5.73 Å². The maximum atomic E-state index is 11.5. The maximum Gasteiger partial charge on any atom is 0.414 e. The molecule has 1 heterocycles. The Morgan fingerprint density at radius 1 is 1.47 bits per heavy atom. The van der Waals surface area contributed by atoms with E-state index >= 15 is 0 Å². The average Bonchev–Trinajstić information content (AvgIpc) is 2.61. The zero-order valence-electron chi connectivity index (χ0n) is 8.02. The summed E-state index contributed by atoms with van der Waals surface area (Å²) >= 11 is 3.34. The van der Waals surface area contributed by atoms with Crippen molar-refractivity contribution in [1.82, 2.24) is 0 Å². The number of hydrogen-bond acceptors (Lipinski definition) is 3. The number of benzene rings is 1. The van der Waals surface area contributed by atoms with E-state index in [1.54, 1.807) is 4.90 Å². The molecule has 0 spiro atoms. The third-order valence-electron chi connectivity index (χ3n) is 2.28. The van der Waals surface area contributed by atoms with E-state index in [2.05, 4.69) is 15.9 Å². The molecule has 1 aromatic carbocycles. The number of hydrogen-bond donors (Lipinski definition) is 1. The van der Waals surface area contributed by atoms with Crippen LogP contribution in [0.4, 0.5) is 10.5 Å². The van der Waals surface area contributed by atoms with E-state index in [4.69, 9.17) is 10.5 Å². The minimum Gasteiger partial charge on any atom is -0.443 e. The lowest BCUT2D eigenvalue weighted by Crippen LogP contribution is -2.27. The molecule has 0 saturated carbocycles. The van der Waals surface area contributed by atoms with E-state index in [1.165, 1.54) is 0 Å². The number of nitrogens with two attached hydrogens (primary N) is 1. The van der Waals surface area contributed by atoms with Gasteiger partial charge < -0.3 is 10.5 Å². The van der Waals surface area contributed by atoms with Crippen LogP contribution < -0.4 is 10.6 Å². The van der Waals surface area contributed by atoms with Crippen LogP contribution in [-0.4, -0.2) is 25.3 Å². The first-order chi connectivity index (χ1) is 7.20. The monoisotopic (exact) mass is 270 g/mol. The van der Waals surface area contributed by atoms with E-state index in [0.29, 0.717) is 13.1 Å². The molecule has 0 aliphatic carbocycles. The molecule has 1 amide bonds. The molecule has 1 atom stereocenters. The highest BCUT2D eigenvalue weighted by molar-refractivity contribution is 9.10. The number of anilines is 1. The SMILES string of the molecule is NC[C@H]1CN(c2ccc(Br)cc2)C(=O)O1. The van der Waals surface area contributed by atoms with Gasteiger partial charge in [-0.3, -0.25) is 4.90 Å². The third-order valence-corrected chi connectivity index (χ3v) is 2.80. The van der Waals surface area contributed by atoms with Crippen LogP contribution in [0, 0.1) is 0 Å². The molecule has 0 unspecified atom stereocenters. The smallest absolute Gasteiger partial charge is 0.414 e. The lowest BCUT2D eigenvalue weighted by Gasteiger charge is -2.12. The van der Waals surface area contributed by atoms with Crippen molar-refractivity contribution < 1.29 is 9.53 Å². The summed E-state index contributed by atoms with van der Waals surface area (Å²) in [5.74, 6) is 0. The molecule has 15 heavy (non-hydrogen) atoms. The van der Waals surface area contributed by atoms with E-state index in [9.17, 15) is 4.79 Å². The molecule has 4 nitrogen and oxygen atoms in total. The predicted octanol–water partition coefficient (Wildman–Crippen LogP) is 1.73. The third kappa shape index (κ3) is 2.13. The number of nitrogens with zero attached hydrogens (tertiary/aromatic N) is 1. The van der Waals surface area contributed by atoms with Crippen LogP contribution in [0.5, 0.6) is 0 Å². The van der Waals surface area contributed by atoms with Gasteiger partial charge in [-0.1, -0.05) is 15.9 Å². The van der Waals surface area contributed by atoms with Crippen LogP contribution in [0.15, 0.2) is 28.7 Å². The molecule has 0 aromatic heterocycles. The summed E-state index contributed by atoms with van der Waals surface area (Å²) in [5, 5.41) is 0. The Morgan fingerprint density at radius 3 is 2.67 bits per heavy atom. The van der Waals surface area contributed by atoms with Gasteiger partial charge in [-0.25, -0.2) is 4.79 Å². The van der Waals surface area contributed by atoms with E-state index in [-0.39, 0.29) is 12.2 Å². The zero-order valence-corrected chi connectivity index (χ0v) is 9.61. The molecule has 1 aromatic rings. The average molecular weight is 271 g/mol. The first kappa shape index (κ1) is 10.4. The summed E-state index contributed by atoms with van der Waals surface area (Å²) in [7, 11) is 0. The first-order valence-corrected chi connectivity index (χ1v) is 5.44. The molecule has 1 aliphatic rings. The van der Waals surface area contributed by atoms with E-state index in [0.717, 1.165) is 10.2 Å². The minimum atomic E-state index is -0.326. The molecule has 2 N–H and O–H groups in total. The molecule has 1 fully saturated rings. The Labute approximate surface area is 96.1 Å². The molecule has 80 valence electrons. The Balaban J connectivity index is 2.18. The van der Waals surface area contributed by atoms with Crippen LogP contribution in [0.1, 0.15) is 0 Å². The lowest BCUT2D eigenvalue weighted by atomic mass is 10.3. The normalized spacial score (nSPS) is 20.5. The molecule has 2 rings (SSSR count). The number of rotatable bonds is 2. The molecule has 0 radical (unpaired) electrons. The van der Waals surface area contributed by atoms with Crippen molar-refractivity contribution in [3.05, 3.63) is 28.7 Å². The Morgan fingerprint density at radius 2 is 2.13 bits per heavy atom. The van der Waals surface area contributed by atoms with Gasteiger partial charge in [0.05, 0.1) is 6.54 Å². The highest BCUT2D eigenvalue weighted by atomic mass is 79.9. The molecule has 1 aliphatic heterocycles. The summed E-state index contributed by atoms with van der Waals surface area (Å²) in [6.07, 6.45) is -0.520. The minimum absolute atomic E-state index is 0.193. The fourth-order valence-electron chi connectivity index (χ4n) is 1.48. The van der Waals surface area contributed by atoms with E-state index < -0.39 is 0 Å². The fourth-order valence-corrected chi connectivity index (χ4v) is 1.74. The second-order valence-electron chi connectivity index (χ2n) is 3.33. The van der Waals surface area contributed by atoms with Crippen molar-refractivity contribution in [3.8, 4) is 0 Å². The number of carbonyl (C=O) groups is 1. The molecule has 1 saturated heterocycles. The zero-order chi connectivity index (χ0) is 10.8. The van der Waals surface area contributed by atoms with Crippen molar-refractivity contribution in [2.45, 2.75) is 6.10 Å². The van der Waals surface area contributed by atoms with Gasteiger partial charge >= 0.3 is 6.09 Å². The van der Waals surface area contributed by atoms with Gasteiger partial charge in [0, 0.05) is 16.7 Å². The summed E-state index contributed by atoms with van der Waals surface area (Å²) in [5.41, 5.74) is 6.28. The van der Waals surface area contributed by atoms with Gasteiger partial charge in [-0.15, -0.1) is 0 Å². The standard InChI is InChI=1S/C10H11BrN2O2/c11-7-1-3-8(4-2-7)13-6-9(5-12)15-10(13)14/h1-4,9H,5-6,12H2/t9-/m0/s1. The van der Waals surface area contributed by atoms with Crippen LogP contribution >= 0.6 is 15.9 Å². The van der Waals surface area contributed by atoms with Crippen molar-refractivity contribution >= 4 is 27.7 Å². The molecular weight excluding hydrogens is 260 g/mol. The second kappa shape index (κ2) is 4.20. The number of amides is 1. The summed E-state index contributed by atoms with van der Waals surface area (Å²) in [6.45, 7) is 0.885. The predicted molar refractivity (Wildman–Crippen MR) is 60.8 cm³/mol. The highest BCUT2D eigenvalue weighted by Crippen LogP contribution is 2.23. The van der Waals surface area contributed by atoms with Gasteiger partial charge in [0.1, 0.15) is 6.10 Å². The quantitative estimate of drug-likeness (QED) is 0.891.